The highest BCUT2D eigenvalue weighted by molar-refractivity contribution is 5.59. The molecule has 0 unspecified atom stereocenters. The molecule has 1 atom stereocenters. The van der Waals surface area contributed by atoms with Gasteiger partial charge in [0.2, 0.25) is 5.89 Å². The summed E-state index contributed by atoms with van der Waals surface area (Å²) >= 11 is 0. The van der Waals surface area contributed by atoms with Crippen LogP contribution in [-0.2, 0) is 19.5 Å². The molecule has 6 nitrogen and oxygen atoms in total. The molecular formula is C18H21N5O. The Balaban J connectivity index is 1.41. The first kappa shape index (κ1) is 15.1. The van der Waals surface area contributed by atoms with Crippen LogP contribution < -0.4 is 5.32 Å². The van der Waals surface area contributed by atoms with Crippen LogP contribution in [0.25, 0.3) is 11.5 Å². The Morgan fingerprint density at radius 2 is 2.25 bits per heavy atom. The van der Waals surface area contributed by atoms with Crippen LogP contribution in [0.5, 0.6) is 0 Å². The van der Waals surface area contributed by atoms with Gasteiger partial charge in [0.25, 0.3) is 0 Å². The fourth-order valence-corrected chi connectivity index (χ4v) is 3.22. The zero-order valence-electron chi connectivity index (χ0n) is 14.0. The van der Waals surface area contributed by atoms with Gasteiger partial charge in [0.1, 0.15) is 18.4 Å². The van der Waals surface area contributed by atoms with Gasteiger partial charge in [-0.3, -0.25) is 0 Å². The molecule has 0 saturated carbocycles. The lowest BCUT2D eigenvalue weighted by Crippen LogP contribution is -2.37. The molecule has 0 aliphatic carbocycles. The number of oxazole rings is 1. The van der Waals surface area contributed by atoms with Gasteiger partial charge in [-0.05, 0) is 31.9 Å². The molecule has 0 fully saturated rings. The van der Waals surface area contributed by atoms with E-state index in [1.54, 1.807) is 12.6 Å². The first-order valence-electron chi connectivity index (χ1n) is 8.31. The van der Waals surface area contributed by atoms with E-state index < -0.39 is 0 Å². The highest BCUT2D eigenvalue weighted by Gasteiger charge is 2.19. The van der Waals surface area contributed by atoms with Gasteiger partial charge < -0.3 is 9.73 Å². The number of aryl methyl sites for hydroxylation is 3. The van der Waals surface area contributed by atoms with Crippen molar-refractivity contribution in [3.8, 4) is 11.5 Å². The molecule has 2 aromatic heterocycles. The van der Waals surface area contributed by atoms with Crippen LogP contribution in [0.4, 0.5) is 0 Å². The molecule has 1 N–H and O–H groups in total. The van der Waals surface area contributed by atoms with Crippen molar-refractivity contribution in [1.82, 2.24) is 25.1 Å². The van der Waals surface area contributed by atoms with E-state index in [9.17, 15) is 0 Å². The summed E-state index contributed by atoms with van der Waals surface area (Å²) in [4.78, 5) is 8.88. The second kappa shape index (κ2) is 6.20. The lowest BCUT2D eigenvalue weighted by molar-refractivity contribution is 0.356. The van der Waals surface area contributed by atoms with Gasteiger partial charge in [0.15, 0.2) is 0 Å². The Morgan fingerprint density at radius 1 is 1.33 bits per heavy atom. The van der Waals surface area contributed by atoms with E-state index in [0.29, 0.717) is 18.5 Å². The number of nitrogens with zero attached hydrogens (tertiary/aromatic N) is 4. The maximum absolute atomic E-state index is 5.68. The third-order valence-electron chi connectivity index (χ3n) is 4.54. The lowest BCUT2D eigenvalue weighted by atomic mass is 10.1. The van der Waals surface area contributed by atoms with Crippen LogP contribution in [0.15, 0.2) is 35.2 Å². The van der Waals surface area contributed by atoms with Gasteiger partial charge in [0, 0.05) is 24.6 Å². The molecule has 3 heterocycles. The first-order valence-corrected chi connectivity index (χ1v) is 8.31. The molecule has 1 aromatic carbocycles. The molecule has 0 amide bonds. The van der Waals surface area contributed by atoms with Crippen molar-refractivity contribution in [2.45, 2.75) is 45.8 Å². The molecule has 0 spiro atoms. The minimum Gasteiger partial charge on any atom is -0.444 e. The number of hydrogen-bond acceptors (Lipinski definition) is 5. The predicted molar refractivity (Wildman–Crippen MR) is 90.4 cm³/mol. The van der Waals surface area contributed by atoms with Crippen molar-refractivity contribution in [1.29, 1.82) is 0 Å². The summed E-state index contributed by atoms with van der Waals surface area (Å²) in [7, 11) is 0. The Morgan fingerprint density at radius 3 is 3.12 bits per heavy atom. The van der Waals surface area contributed by atoms with Crippen LogP contribution in [0.1, 0.15) is 29.1 Å². The molecule has 124 valence electrons. The summed E-state index contributed by atoms with van der Waals surface area (Å²) in [6, 6.07) is 6.69. The summed E-state index contributed by atoms with van der Waals surface area (Å²) in [5.74, 6) is 1.76. The number of fused-ring (bicyclic) bond motifs is 1. The third-order valence-corrected chi connectivity index (χ3v) is 4.54. The summed E-state index contributed by atoms with van der Waals surface area (Å²) in [6.45, 7) is 5.73. The second-order valence-corrected chi connectivity index (χ2v) is 6.44. The summed E-state index contributed by atoms with van der Waals surface area (Å²) in [6.07, 6.45) is 5.40. The normalized spacial score (nSPS) is 17.0. The molecule has 4 rings (SSSR count). The maximum Gasteiger partial charge on any atom is 0.226 e. The zero-order chi connectivity index (χ0) is 16.5. The molecule has 0 bridgehead atoms. The van der Waals surface area contributed by atoms with Crippen LogP contribution in [0.2, 0.25) is 0 Å². The van der Waals surface area contributed by atoms with Gasteiger partial charge in [-0.2, -0.15) is 5.10 Å². The van der Waals surface area contributed by atoms with Crippen LogP contribution in [-0.4, -0.2) is 25.8 Å². The van der Waals surface area contributed by atoms with E-state index in [4.69, 9.17) is 4.42 Å². The van der Waals surface area contributed by atoms with Crippen molar-refractivity contribution in [2.75, 3.05) is 0 Å². The van der Waals surface area contributed by atoms with Gasteiger partial charge >= 0.3 is 0 Å². The smallest absolute Gasteiger partial charge is 0.226 e. The Kier molecular flexibility index (Phi) is 3.90. The van der Waals surface area contributed by atoms with Crippen molar-refractivity contribution in [3.63, 3.8) is 0 Å². The third kappa shape index (κ3) is 2.97. The molecule has 24 heavy (non-hydrogen) atoms. The van der Waals surface area contributed by atoms with Crippen LogP contribution in [0.3, 0.4) is 0 Å². The quantitative estimate of drug-likeness (QED) is 0.799. The second-order valence-electron chi connectivity index (χ2n) is 6.44. The zero-order valence-corrected chi connectivity index (χ0v) is 14.0. The SMILES string of the molecule is Cc1ccc(-c2nc(CN[C@@H]3CCc4ncnn4C3)co2)c(C)c1. The van der Waals surface area contributed by atoms with E-state index >= 15 is 0 Å². The van der Waals surface area contributed by atoms with Crippen molar-refractivity contribution in [3.05, 3.63) is 53.4 Å². The molecule has 0 radical (unpaired) electrons. The van der Waals surface area contributed by atoms with Gasteiger partial charge in [0.05, 0.1) is 12.2 Å². The maximum atomic E-state index is 5.68. The molecule has 1 aliphatic rings. The Bertz CT molecular complexity index is 851. The number of nitrogens with one attached hydrogen (secondary N) is 1. The molecule has 6 heteroatoms. The van der Waals surface area contributed by atoms with E-state index in [1.165, 1.54) is 11.1 Å². The van der Waals surface area contributed by atoms with Crippen LogP contribution in [0, 0.1) is 13.8 Å². The predicted octanol–water partition coefficient (Wildman–Crippen LogP) is 2.65. The number of rotatable bonds is 4. The highest BCUT2D eigenvalue weighted by Crippen LogP contribution is 2.23. The molecule has 1 aliphatic heterocycles. The van der Waals surface area contributed by atoms with Gasteiger partial charge in [-0.15, -0.1) is 0 Å². The summed E-state index contributed by atoms with van der Waals surface area (Å²) < 4.78 is 7.65. The lowest BCUT2D eigenvalue weighted by Gasteiger charge is -2.23. The van der Waals surface area contributed by atoms with Crippen molar-refractivity contribution in [2.24, 2.45) is 0 Å². The monoisotopic (exact) mass is 323 g/mol. The topological polar surface area (TPSA) is 68.8 Å². The van der Waals surface area contributed by atoms with E-state index in [2.05, 4.69) is 52.4 Å². The molecule has 0 saturated heterocycles. The fourth-order valence-electron chi connectivity index (χ4n) is 3.22. The van der Waals surface area contributed by atoms with Crippen molar-refractivity contribution >= 4 is 0 Å². The van der Waals surface area contributed by atoms with Crippen LogP contribution >= 0.6 is 0 Å². The largest absolute Gasteiger partial charge is 0.444 e. The number of aromatic nitrogens is 4. The van der Waals surface area contributed by atoms with Crippen molar-refractivity contribution < 1.29 is 4.42 Å². The minimum absolute atomic E-state index is 0.389. The Labute approximate surface area is 140 Å². The van der Waals surface area contributed by atoms with E-state index in [-0.39, 0.29) is 0 Å². The number of benzene rings is 1. The molecular weight excluding hydrogens is 302 g/mol. The van der Waals surface area contributed by atoms with Gasteiger partial charge in [-0.25, -0.2) is 14.6 Å². The van der Waals surface area contributed by atoms with E-state index in [0.717, 1.165) is 36.5 Å². The molecule has 3 aromatic rings. The number of hydrogen-bond donors (Lipinski definition) is 1. The highest BCUT2D eigenvalue weighted by atomic mass is 16.3. The first-order chi connectivity index (χ1) is 11.7. The summed E-state index contributed by atoms with van der Waals surface area (Å²) in [5, 5.41) is 7.80. The van der Waals surface area contributed by atoms with E-state index in [1.807, 2.05) is 4.68 Å². The average molecular weight is 323 g/mol. The minimum atomic E-state index is 0.389. The standard InChI is InChI=1S/C18H21N5O/c1-12-3-5-16(13(2)7-12)18-22-15(10-24-18)8-19-14-4-6-17-20-11-21-23(17)9-14/h3,5,7,10-11,14,19H,4,6,8-9H2,1-2H3/t14-/m1/s1. The fraction of sp³-hybridized carbons (Fsp3) is 0.389. The summed E-state index contributed by atoms with van der Waals surface area (Å²) in [5.41, 5.74) is 4.41. The van der Waals surface area contributed by atoms with Gasteiger partial charge in [-0.1, -0.05) is 17.7 Å². The average Bonchev–Trinajstić information content (AvgIpc) is 3.21. The Hall–Kier alpha value is -2.47.